The van der Waals surface area contributed by atoms with Gasteiger partial charge in [-0.05, 0) is 24.3 Å². The number of nitrogens with one attached hydrogen (secondary N) is 1. The minimum absolute atomic E-state index is 0.129. The van der Waals surface area contributed by atoms with E-state index in [9.17, 15) is 9.50 Å². The Balaban J connectivity index is 1.56. The van der Waals surface area contributed by atoms with E-state index < -0.39 is 0 Å². The summed E-state index contributed by atoms with van der Waals surface area (Å²) in [5, 5.41) is 15.5. The molecule has 1 saturated heterocycles. The summed E-state index contributed by atoms with van der Waals surface area (Å²) in [6.45, 7) is 2.72. The van der Waals surface area contributed by atoms with Crippen LogP contribution in [-0.4, -0.2) is 36.5 Å². The molecule has 0 spiro atoms. The zero-order chi connectivity index (χ0) is 14.7. The highest BCUT2D eigenvalue weighted by Crippen LogP contribution is 2.26. The molecule has 4 nitrogen and oxygen atoms in total. The number of aliphatic hydroxyl groups excluding tert-OH is 1. The number of thiazole rings is 1. The molecule has 0 amide bonds. The van der Waals surface area contributed by atoms with Crippen LogP contribution in [0.15, 0.2) is 29.6 Å². The maximum Gasteiger partial charge on any atom is 0.123 e. The molecule has 0 bridgehead atoms. The summed E-state index contributed by atoms with van der Waals surface area (Å²) in [5.41, 5.74) is 1.75. The third kappa shape index (κ3) is 3.29. The van der Waals surface area contributed by atoms with Crippen molar-refractivity contribution in [2.75, 3.05) is 26.4 Å². The predicted octanol–water partition coefficient (Wildman–Crippen LogP) is 2.05. The van der Waals surface area contributed by atoms with Crippen LogP contribution in [-0.2, 0) is 11.3 Å². The van der Waals surface area contributed by atoms with Gasteiger partial charge < -0.3 is 15.2 Å². The normalized spacial score (nSPS) is 16.7. The molecular weight excluding hydrogens is 291 g/mol. The average molecular weight is 308 g/mol. The molecule has 2 aromatic rings. The monoisotopic (exact) mass is 308 g/mol. The fourth-order valence-electron chi connectivity index (χ4n) is 2.21. The van der Waals surface area contributed by atoms with Gasteiger partial charge in [-0.1, -0.05) is 0 Å². The number of nitrogens with zero attached hydrogens (tertiary/aromatic N) is 1. The van der Waals surface area contributed by atoms with Crippen LogP contribution in [0.2, 0.25) is 0 Å². The van der Waals surface area contributed by atoms with Gasteiger partial charge in [-0.3, -0.25) is 0 Å². The van der Waals surface area contributed by atoms with Crippen molar-refractivity contribution in [3.05, 3.63) is 41.2 Å². The molecule has 1 aliphatic rings. The molecule has 6 heteroatoms. The number of halogens is 1. The highest BCUT2D eigenvalue weighted by atomic mass is 32.1. The molecule has 0 aliphatic carbocycles. The number of ether oxygens (including phenoxy) is 1. The van der Waals surface area contributed by atoms with Gasteiger partial charge in [-0.2, -0.15) is 0 Å². The van der Waals surface area contributed by atoms with Gasteiger partial charge in [0.25, 0.3) is 0 Å². The van der Waals surface area contributed by atoms with Crippen molar-refractivity contribution < 1.29 is 14.2 Å². The number of aromatic nitrogens is 1. The van der Waals surface area contributed by atoms with Crippen LogP contribution in [0.5, 0.6) is 0 Å². The van der Waals surface area contributed by atoms with Gasteiger partial charge in [0.15, 0.2) is 0 Å². The second-order valence-corrected chi connectivity index (χ2v) is 6.26. The Morgan fingerprint density at radius 2 is 2.10 bits per heavy atom. The van der Waals surface area contributed by atoms with Crippen LogP contribution in [0.1, 0.15) is 5.69 Å². The van der Waals surface area contributed by atoms with Gasteiger partial charge in [0.05, 0.1) is 30.9 Å². The smallest absolute Gasteiger partial charge is 0.123 e. The topological polar surface area (TPSA) is 54.4 Å². The zero-order valence-electron chi connectivity index (χ0n) is 11.5. The minimum atomic E-state index is -0.241. The molecular formula is C15H17FN2O2S. The molecule has 0 unspecified atom stereocenters. The Bertz CT molecular complexity index is 590. The van der Waals surface area contributed by atoms with Gasteiger partial charge in [0.1, 0.15) is 10.8 Å². The van der Waals surface area contributed by atoms with E-state index in [1.807, 2.05) is 5.38 Å². The van der Waals surface area contributed by atoms with Gasteiger partial charge in [-0.25, -0.2) is 9.37 Å². The first-order chi connectivity index (χ1) is 10.2. The fraction of sp³-hybridized carbons (Fsp3) is 0.400. The van der Waals surface area contributed by atoms with E-state index in [4.69, 9.17) is 4.74 Å². The summed E-state index contributed by atoms with van der Waals surface area (Å²) in [6, 6.07) is 6.35. The molecule has 21 heavy (non-hydrogen) atoms. The molecule has 0 atom stereocenters. The van der Waals surface area contributed by atoms with E-state index in [0.29, 0.717) is 26.3 Å². The summed E-state index contributed by atoms with van der Waals surface area (Å²) in [5.74, 6) is -0.241. The van der Waals surface area contributed by atoms with Gasteiger partial charge in [0, 0.05) is 24.0 Å². The maximum absolute atomic E-state index is 12.9. The van der Waals surface area contributed by atoms with Gasteiger partial charge >= 0.3 is 0 Å². The molecule has 2 N–H and O–H groups in total. The number of rotatable bonds is 6. The first-order valence-corrected chi connectivity index (χ1v) is 7.68. The van der Waals surface area contributed by atoms with Crippen LogP contribution in [0.25, 0.3) is 10.6 Å². The van der Waals surface area contributed by atoms with Crippen LogP contribution >= 0.6 is 11.3 Å². The van der Waals surface area contributed by atoms with E-state index in [1.54, 1.807) is 23.5 Å². The lowest BCUT2D eigenvalue weighted by molar-refractivity contribution is -0.134. The summed E-state index contributed by atoms with van der Waals surface area (Å²) >= 11 is 1.54. The molecule has 0 radical (unpaired) electrons. The molecule has 1 aromatic carbocycles. The Labute approximate surface area is 126 Å². The van der Waals surface area contributed by atoms with Crippen LogP contribution in [0, 0.1) is 11.2 Å². The number of aliphatic hydroxyl groups is 1. The van der Waals surface area contributed by atoms with E-state index >= 15 is 0 Å². The summed E-state index contributed by atoms with van der Waals surface area (Å²) in [6.07, 6.45) is 0. The zero-order valence-corrected chi connectivity index (χ0v) is 12.3. The molecule has 1 fully saturated rings. The lowest BCUT2D eigenvalue weighted by Crippen LogP contribution is -2.52. The van der Waals surface area contributed by atoms with Crippen LogP contribution < -0.4 is 5.32 Å². The molecule has 112 valence electrons. The summed E-state index contributed by atoms with van der Waals surface area (Å²) in [4.78, 5) is 4.54. The first kappa shape index (κ1) is 14.6. The molecule has 2 heterocycles. The van der Waals surface area contributed by atoms with Crippen LogP contribution in [0.3, 0.4) is 0 Å². The van der Waals surface area contributed by atoms with Gasteiger partial charge in [0.2, 0.25) is 0 Å². The third-order valence-corrected chi connectivity index (χ3v) is 4.54. The second kappa shape index (κ2) is 6.19. The van der Waals surface area contributed by atoms with E-state index in [2.05, 4.69) is 10.3 Å². The van der Waals surface area contributed by atoms with Crippen molar-refractivity contribution in [1.29, 1.82) is 0 Å². The number of hydrogen-bond donors (Lipinski definition) is 2. The lowest BCUT2D eigenvalue weighted by atomic mass is 9.87. The minimum Gasteiger partial charge on any atom is -0.396 e. The second-order valence-electron chi connectivity index (χ2n) is 5.41. The Kier molecular flexibility index (Phi) is 4.30. The van der Waals surface area contributed by atoms with Crippen molar-refractivity contribution in [2.45, 2.75) is 6.54 Å². The van der Waals surface area contributed by atoms with Crippen molar-refractivity contribution >= 4 is 11.3 Å². The Morgan fingerprint density at radius 1 is 1.33 bits per heavy atom. The SMILES string of the molecule is OCC1(CNCc2csc(-c3ccc(F)cc3)n2)COC1. The Hall–Kier alpha value is -1.34. The van der Waals surface area contributed by atoms with E-state index in [1.165, 1.54) is 12.1 Å². The standard InChI is InChI=1S/C15H17FN2O2S/c16-12-3-1-11(2-4-12)14-18-13(6-21-14)5-17-7-15(8-19)9-20-10-15/h1-4,6,17,19H,5,7-10H2. The lowest BCUT2D eigenvalue weighted by Gasteiger charge is -2.39. The van der Waals surface area contributed by atoms with Crippen molar-refractivity contribution in [3.63, 3.8) is 0 Å². The fourth-order valence-corrected chi connectivity index (χ4v) is 3.03. The highest BCUT2D eigenvalue weighted by Gasteiger charge is 2.37. The number of hydrogen-bond acceptors (Lipinski definition) is 5. The van der Waals surface area contributed by atoms with Crippen molar-refractivity contribution in [2.24, 2.45) is 5.41 Å². The number of benzene rings is 1. The van der Waals surface area contributed by atoms with Gasteiger partial charge in [-0.15, -0.1) is 11.3 Å². The van der Waals surface area contributed by atoms with Crippen LogP contribution in [0.4, 0.5) is 4.39 Å². The maximum atomic E-state index is 12.9. The highest BCUT2D eigenvalue weighted by molar-refractivity contribution is 7.13. The molecule has 1 aliphatic heterocycles. The third-order valence-electron chi connectivity index (χ3n) is 3.60. The molecule has 1 aromatic heterocycles. The van der Waals surface area contributed by atoms with E-state index in [0.717, 1.165) is 16.3 Å². The molecule has 3 rings (SSSR count). The summed E-state index contributed by atoms with van der Waals surface area (Å²) < 4.78 is 18.1. The van der Waals surface area contributed by atoms with Crippen molar-refractivity contribution in [1.82, 2.24) is 10.3 Å². The summed E-state index contributed by atoms with van der Waals surface area (Å²) in [7, 11) is 0. The average Bonchev–Trinajstić information content (AvgIpc) is 2.91. The molecule has 0 saturated carbocycles. The van der Waals surface area contributed by atoms with E-state index in [-0.39, 0.29) is 17.8 Å². The Morgan fingerprint density at radius 3 is 2.71 bits per heavy atom. The van der Waals surface area contributed by atoms with Crippen molar-refractivity contribution in [3.8, 4) is 10.6 Å². The predicted molar refractivity (Wildman–Crippen MR) is 79.6 cm³/mol. The first-order valence-electron chi connectivity index (χ1n) is 6.80. The quantitative estimate of drug-likeness (QED) is 0.857. The largest absolute Gasteiger partial charge is 0.396 e.